The molecule has 1 saturated heterocycles. The van der Waals surface area contributed by atoms with Crippen LogP contribution in [0.5, 0.6) is 0 Å². The van der Waals surface area contributed by atoms with Crippen LogP contribution in [0, 0.1) is 0 Å². The summed E-state index contributed by atoms with van der Waals surface area (Å²) in [6.07, 6.45) is 21.3. The summed E-state index contributed by atoms with van der Waals surface area (Å²) in [5, 5.41) is 5.69. The highest BCUT2D eigenvalue weighted by atomic mass is 79.9. The summed E-state index contributed by atoms with van der Waals surface area (Å²) in [7, 11) is 0. The Morgan fingerprint density at radius 2 is 1.43 bits per heavy atom. The van der Waals surface area contributed by atoms with Crippen LogP contribution >= 0.6 is 15.9 Å². The minimum atomic E-state index is -0.400. The number of pyridine rings is 2. The minimum absolute atomic E-state index is 0.0906. The number of halogens is 1. The van der Waals surface area contributed by atoms with Crippen molar-refractivity contribution < 1.29 is 9.59 Å². The molecule has 4 aromatic rings. The Morgan fingerprint density at radius 3 is 2.15 bits per heavy atom. The first-order valence-corrected chi connectivity index (χ1v) is 16.5. The van der Waals surface area contributed by atoms with Crippen molar-refractivity contribution >= 4 is 62.0 Å². The summed E-state index contributed by atoms with van der Waals surface area (Å²) < 4.78 is 0.458. The number of aromatic nitrogens is 6. The first-order valence-electron chi connectivity index (χ1n) is 15.7. The Morgan fingerprint density at radius 1 is 0.766 bits per heavy atom. The van der Waals surface area contributed by atoms with Crippen molar-refractivity contribution in [3.63, 3.8) is 0 Å². The fourth-order valence-corrected chi connectivity index (χ4v) is 5.46. The van der Waals surface area contributed by atoms with Gasteiger partial charge in [0.2, 0.25) is 0 Å². The zero-order valence-electron chi connectivity index (χ0n) is 26.6. The Hall–Kier alpha value is -4.98. The van der Waals surface area contributed by atoms with Crippen molar-refractivity contribution in [2.24, 2.45) is 0 Å². The molecular formula is C33H40BrN11O2. The van der Waals surface area contributed by atoms with Gasteiger partial charge in [0.05, 0.1) is 35.7 Å². The predicted molar refractivity (Wildman–Crippen MR) is 189 cm³/mol. The highest BCUT2D eigenvalue weighted by Gasteiger charge is 2.19. The summed E-state index contributed by atoms with van der Waals surface area (Å²) >= 11 is 3.20. The summed E-state index contributed by atoms with van der Waals surface area (Å²) in [5.41, 5.74) is 16.2. The lowest BCUT2D eigenvalue weighted by atomic mass is 9.93. The number of allylic oxidation sites excluding steroid dienone is 2. The van der Waals surface area contributed by atoms with Gasteiger partial charge in [-0.25, -0.2) is 19.9 Å². The molecule has 0 unspecified atom stereocenters. The normalized spacial score (nSPS) is 13.9. The van der Waals surface area contributed by atoms with Crippen molar-refractivity contribution in [1.29, 1.82) is 0 Å². The lowest BCUT2D eigenvalue weighted by Gasteiger charge is -2.30. The van der Waals surface area contributed by atoms with Crippen LogP contribution in [0.1, 0.15) is 85.3 Å². The van der Waals surface area contributed by atoms with Crippen LogP contribution in [-0.4, -0.2) is 54.8 Å². The lowest BCUT2D eigenvalue weighted by molar-refractivity contribution is 0.101. The van der Waals surface area contributed by atoms with Crippen molar-refractivity contribution in [3.05, 3.63) is 83.1 Å². The molecule has 6 N–H and O–H groups in total. The van der Waals surface area contributed by atoms with E-state index < -0.39 is 5.91 Å². The molecule has 0 atom stereocenters. The second-order valence-corrected chi connectivity index (χ2v) is 11.3. The molecule has 5 heterocycles. The molecule has 4 aromatic heterocycles. The number of nitrogens with one attached hydrogen (secondary N) is 2. The molecule has 6 rings (SSSR count). The van der Waals surface area contributed by atoms with Gasteiger partial charge in [0, 0.05) is 43.4 Å². The average Bonchev–Trinajstić information content (AvgIpc) is 3.12. The van der Waals surface area contributed by atoms with Crippen LogP contribution in [0.3, 0.4) is 0 Å². The molecule has 47 heavy (non-hydrogen) atoms. The van der Waals surface area contributed by atoms with Crippen molar-refractivity contribution in [2.45, 2.75) is 58.8 Å². The molecule has 0 radical (unpaired) electrons. The first-order chi connectivity index (χ1) is 22.9. The number of carbonyl (C=O) groups excluding carboxylic acids is 2. The summed E-state index contributed by atoms with van der Waals surface area (Å²) in [6, 6.07) is 3.84. The van der Waals surface area contributed by atoms with Gasteiger partial charge in [-0.1, -0.05) is 19.9 Å². The van der Waals surface area contributed by atoms with Crippen LogP contribution in [-0.2, 0) is 0 Å². The van der Waals surface area contributed by atoms with E-state index in [-0.39, 0.29) is 28.9 Å². The quantitative estimate of drug-likeness (QED) is 0.180. The van der Waals surface area contributed by atoms with Crippen LogP contribution in [0.15, 0.2) is 66.2 Å². The number of rotatable bonds is 6. The number of hydrogen-bond donors (Lipinski definition) is 4. The average molecular weight is 703 g/mol. The third kappa shape index (κ3) is 9.51. The number of carbonyl (C=O) groups is 2. The number of nitrogens with zero attached hydrogens (tertiary/aromatic N) is 7. The molecule has 2 amide bonds. The van der Waals surface area contributed by atoms with Crippen molar-refractivity contribution in [2.75, 3.05) is 40.1 Å². The molecule has 13 nitrogen and oxygen atoms in total. The second-order valence-electron chi connectivity index (χ2n) is 10.5. The molecule has 1 aliphatic carbocycles. The third-order valence-electron chi connectivity index (χ3n) is 7.38. The van der Waals surface area contributed by atoms with Gasteiger partial charge in [-0.2, -0.15) is 0 Å². The molecule has 246 valence electrons. The topological polar surface area (TPSA) is 191 Å². The Balaban J connectivity index is 0.000000202. The molecule has 0 bridgehead atoms. The van der Waals surface area contributed by atoms with Gasteiger partial charge in [-0.05, 0) is 78.6 Å². The van der Waals surface area contributed by atoms with Crippen LogP contribution in [0.2, 0.25) is 0 Å². The van der Waals surface area contributed by atoms with Gasteiger partial charge in [-0.15, -0.1) is 0 Å². The Bertz CT molecular complexity index is 1690. The zero-order chi connectivity index (χ0) is 33.6. The molecular weight excluding hydrogens is 662 g/mol. The number of anilines is 5. The van der Waals surface area contributed by atoms with Gasteiger partial charge in [-0.3, -0.25) is 19.6 Å². The van der Waals surface area contributed by atoms with Gasteiger partial charge < -0.3 is 27.0 Å². The maximum absolute atomic E-state index is 12.5. The number of nitrogens with two attached hydrogens (primary N) is 2. The first kappa shape index (κ1) is 34.9. The van der Waals surface area contributed by atoms with E-state index in [1.165, 1.54) is 43.4 Å². The summed E-state index contributed by atoms with van der Waals surface area (Å²) in [5.74, 6) is -0.574. The molecule has 1 aliphatic heterocycles. The van der Waals surface area contributed by atoms with Gasteiger partial charge in [0.15, 0.2) is 23.0 Å². The maximum atomic E-state index is 12.5. The van der Waals surface area contributed by atoms with Crippen LogP contribution < -0.4 is 27.0 Å². The summed E-state index contributed by atoms with van der Waals surface area (Å²) in [6.45, 7) is 5.96. The summed E-state index contributed by atoms with van der Waals surface area (Å²) in [4.78, 5) is 51.2. The van der Waals surface area contributed by atoms with E-state index in [4.69, 9.17) is 11.5 Å². The Labute approximate surface area is 282 Å². The van der Waals surface area contributed by atoms with Crippen molar-refractivity contribution in [3.8, 4) is 0 Å². The number of hydrogen-bond acceptors (Lipinski definition) is 11. The van der Waals surface area contributed by atoms with Gasteiger partial charge in [0.25, 0.3) is 11.8 Å². The standard InChI is InChI=1S/C16H17N5O.C15H17BrN6O.C2H6/c17-15-14(19-8-9-20-15)16(22)21-13-10-18-7-6-12(13)11-4-2-1-3-5-11;16-12-9-19-14(17)13(21-12)15(23)20-10-8-18-5-4-11(10)22-6-2-1-3-7-22;1-2/h4,6-10H,1-3,5H2,(H2,17,20)(H,21,22);4-5,8-9H,1-3,6-7H2,(H2,17,19)(H,20,23);1-2H3. The van der Waals surface area contributed by atoms with E-state index in [1.807, 2.05) is 26.0 Å². The fraction of sp³-hybridized carbons (Fsp3) is 0.333. The molecule has 2 aliphatic rings. The SMILES string of the molecule is CC.Nc1ncc(Br)nc1C(=O)Nc1cnccc1N1CCCCC1.Nc1nccnc1C(=O)Nc1cnccc1C1=CCCCC1. The van der Waals surface area contributed by atoms with E-state index in [9.17, 15) is 9.59 Å². The zero-order valence-corrected chi connectivity index (χ0v) is 28.2. The third-order valence-corrected chi connectivity index (χ3v) is 7.76. The number of amides is 2. The molecule has 0 aromatic carbocycles. The van der Waals surface area contributed by atoms with E-state index >= 15 is 0 Å². The Kier molecular flexibility index (Phi) is 13.1. The van der Waals surface area contributed by atoms with E-state index in [1.54, 1.807) is 24.8 Å². The molecule has 14 heteroatoms. The van der Waals surface area contributed by atoms with Crippen molar-refractivity contribution in [1.82, 2.24) is 29.9 Å². The smallest absolute Gasteiger partial charge is 0.278 e. The predicted octanol–water partition coefficient (Wildman–Crippen LogP) is 6.15. The van der Waals surface area contributed by atoms with E-state index in [2.05, 4.69) is 67.4 Å². The number of piperidine rings is 1. The highest BCUT2D eigenvalue weighted by molar-refractivity contribution is 9.10. The molecule has 0 spiro atoms. The molecule has 0 saturated carbocycles. The molecule has 1 fully saturated rings. The maximum Gasteiger partial charge on any atom is 0.278 e. The minimum Gasteiger partial charge on any atom is -0.382 e. The fourth-order valence-electron chi connectivity index (χ4n) is 5.18. The van der Waals surface area contributed by atoms with Crippen LogP contribution in [0.25, 0.3) is 5.57 Å². The monoisotopic (exact) mass is 701 g/mol. The lowest BCUT2D eigenvalue weighted by Crippen LogP contribution is -2.30. The second kappa shape index (κ2) is 17.6. The largest absolute Gasteiger partial charge is 0.382 e. The van der Waals surface area contributed by atoms with Crippen LogP contribution in [0.4, 0.5) is 28.7 Å². The highest BCUT2D eigenvalue weighted by Crippen LogP contribution is 2.31. The van der Waals surface area contributed by atoms with Gasteiger partial charge in [0.1, 0.15) is 4.60 Å². The van der Waals surface area contributed by atoms with Gasteiger partial charge >= 0.3 is 0 Å². The van der Waals surface area contributed by atoms with E-state index in [0.29, 0.717) is 16.0 Å². The number of nitrogen functional groups attached to an aromatic ring is 2. The van der Waals surface area contributed by atoms with E-state index in [0.717, 1.165) is 50.0 Å².